The molecule has 1 aliphatic carbocycles. The van der Waals surface area contributed by atoms with Crippen LogP contribution in [0.2, 0.25) is 0 Å². The maximum Gasteiger partial charge on any atom is 0.335 e. The third-order valence-corrected chi connectivity index (χ3v) is 3.98. The molecule has 4 heteroatoms. The van der Waals surface area contributed by atoms with Gasteiger partial charge >= 0.3 is 11.9 Å². The Bertz CT molecular complexity index is 729. The topological polar surface area (TPSA) is 74.6 Å². The van der Waals surface area contributed by atoms with Gasteiger partial charge in [-0.3, -0.25) is 0 Å². The molecule has 0 aromatic heterocycles. The first kappa shape index (κ1) is 17.6. The fourth-order valence-corrected chi connectivity index (χ4v) is 2.62. The van der Waals surface area contributed by atoms with Crippen LogP contribution < -0.4 is 0 Å². The highest BCUT2D eigenvalue weighted by molar-refractivity contribution is 5.94. The Balaban J connectivity index is 2.55. The van der Waals surface area contributed by atoms with Crippen LogP contribution in [0.4, 0.5) is 0 Å². The van der Waals surface area contributed by atoms with Gasteiger partial charge in [0.25, 0.3) is 0 Å². The van der Waals surface area contributed by atoms with Crippen molar-refractivity contribution in [1.82, 2.24) is 0 Å². The van der Waals surface area contributed by atoms with Crippen LogP contribution in [-0.2, 0) is 5.41 Å². The summed E-state index contributed by atoms with van der Waals surface area (Å²) < 4.78 is 0. The molecule has 0 bridgehead atoms. The highest BCUT2D eigenvalue weighted by atomic mass is 16.4. The third kappa shape index (κ3) is 3.94. The standard InChI is InChI=1S/C20H20O4/c1-2-3-4-6-9-20(10-7-5-8-11-20)17-13-15(18(21)22)12-16(14-17)19(23)24/h5,7-8,10,12-14H,2-4,11H2,1H3,(H,21,22)(H,23,24). The Hall–Kier alpha value is -2.80. The molecule has 1 aromatic carbocycles. The lowest BCUT2D eigenvalue weighted by atomic mass is 9.75. The van der Waals surface area contributed by atoms with E-state index in [4.69, 9.17) is 0 Å². The molecule has 0 fully saturated rings. The van der Waals surface area contributed by atoms with Crippen molar-refractivity contribution >= 4 is 11.9 Å². The molecule has 1 aromatic rings. The predicted molar refractivity (Wildman–Crippen MR) is 92.2 cm³/mol. The second kappa shape index (κ2) is 7.65. The van der Waals surface area contributed by atoms with Gasteiger partial charge in [-0.15, -0.1) is 5.92 Å². The smallest absolute Gasteiger partial charge is 0.335 e. The number of carbonyl (C=O) groups is 2. The maximum absolute atomic E-state index is 11.4. The van der Waals surface area contributed by atoms with E-state index in [-0.39, 0.29) is 11.1 Å². The van der Waals surface area contributed by atoms with Gasteiger partial charge in [-0.2, -0.15) is 0 Å². The molecule has 2 N–H and O–H groups in total. The lowest BCUT2D eigenvalue weighted by molar-refractivity contribution is 0.0696. The van der Waals surface area contributed by atoms with Gasteiger partial charge in [-0.25, -0.2) is 9.59 Å². The van der Waals surface area contributed by atoms with E-state index >= 15 is 0 Å². The molecule has 1 atom stereocenters. The molecule has 0 spiro atoms. The number of allylic oxidation sites excluding steroid dienone is 4. The Labute approximate surface area is 141 Å². The molecular weight excluding hydrogens is 304 g/mol. The Morgan fingerprint density at radius 3 is 2.29 bits per heavy atom. The largest absolute Gasteiger partial charge is 0.478 e. The molecule has 0 saturated carbocycles. The number of rotatable bonds is 5. The normalized spacial score (nSPS) is 18.7. The molecule has 2 rings (SSSR count). The van der Waals surface area contributed by atoms with Crippen LogP contribution >= 0.6 is 0 Å². The summed E-state index contributed by atoms with van der Waals surface area (Å²) in [5.74, 6) is 4.11. The number of unbranched alkanes of at least 4 members (excludes halogenated alkanes) is 2. The van der Waals surface area contributed by atoms with Crippen molar-refractivity contribution in [3.63, 3.8) is 0 Å². The van der Waals surface area contributed by atoms with Crippen molar-refractivity contribution in [2.24, 2.45) is 0 Å². The molecule has 0 saturated heterocycles. The summed E-state index contributed by atoms with van der Waals surface area (Å²) in [6, 6.07) is 4.22. The second-order valence-electron chi connectivity index (χ2n) is 5.78. The van der Waals surface area contributed by atoms with Gasteiger partial charge in [0.05, 0.1) is 16.5 Å². The van der Waals surface area contributed by atoms with Crippen molar-refractivity contribution < 1.29 is 19.8 Å². The van der Waals surface area contributed by atoms with Crippen molar-refractivity contribution in [1.29, 1.82) is 0 Å². The highest BCUT2D eigenvalue weighted by Crippen LogP contribution is 2.33. The average Bonchev–Trinajstić information content (AvgIpc) is 2.59. The zero-order valence-electron chi connectivity index (χ0n) is 13.6. The molecule has 124 valence electrons. The first-order valence-electron chi connectivity index (χ1n) is 7.95. The van der Waals surface area contributed by atoms with E-state index in [0.717, 1.165) is 19.3 Å². The van der Waals surface area contributed by atoms with Crippen LogP contribution in [0.1, 0.15) is 58.9 Å². The van der Waals surface area contributed by atoms with Crippen LogP contribution in [0.3, 0.4) is 0 Å². The van der Waals surface area contributed by atoms with E-state index in [1.807, 2.05) is 24.3 Å². The minimum absolute atomic E-state index is 0.0393. The van der Waals surface area contributed by atoms with Gasteiger partial charge in [-0.1, -0.05) is 43.6 Å². The van der Waals surface area contributed by atoms with Gasteiger partial charge in [0, 0.05) is 6.42 Å². The molecular formula is C20H20O4. The van der Waals surface area contributed by atoms with Gasteiger partial charge in [0.1, 0.15) is 0 Å². The summed E-state index contributed by atoms with van der Waals surface area (Å²) in [7, 11) is 0. The Kier molecular flexibility index (Phi) is 5.59. The van der Waals surface area contributed by atoms with Crippen LogP contribution in [-0.4, -0.2) is 22.2 Å². The first-order chi connectivity index (χ1) is 11.5. The zero-order chi connectivity index (χ0) is 17.6. The molecule has 0 heterocycles. The molecule has 0 radical (unpaired) electrons. The minimum Gasteiger partial charge on any atom is -0.478 e. The fourth-order valence-electron chi connectivity index (χ4n) is 2.62. The molecule has 1 aliphatic rings. The number of carboxylic acids is 2. The van der Waals surface area contributed by atoms with Crippen molar-refractivity contribution in [3.05, 3.63) is 59.2 Å². The third-order valence-electron chi connectivity index (χ3n) is 3.98. The summed E-state index contributed by atoms with van der Waals surface area (Å²) in [5.41, 5.74) is -0.160. The number of hydrogen-bond donors (Lipinski definition) is 2. The fraction of sp³-hybridized carbons (Fsp3) is 0.300. The van der Waals surface area contributed by atoms with E-state index in [1.165, 1.54) is 18.2 Å². The molecule has 24 heavy (non-hydrogen) atoms. The quantitative estimate of drug-likeness (QED) is 0.633. The molecule has 0 aliphatic heterocycles. The first-order valence-corrected chi connectivity index (χ1v) is 7.95. The van der Waals surface area contributed by atoms with Crippen LogP contribution in [0.25, 0.3) is 0 Å². The van der Waals surface area contributed by atoms with Gasteiger partial charge in [-0.05, 0) is 36.6 Å². The molecule has 4 nitrogen and oxygen atoms in total. The minimum atomic E-state index is -1.15. The number of carboxylic acid groups (broad SMARTS) is 2. The lowest BCUT2D eigenvalue weighted by Crippen LogP contribution is -2.23. The van der Waals surface area contributed by atoms with Gasteiger partial charge in [0.15, 0.2) is 0 Å². The number of hydrogen-bond acceptors (Lipinski definition) is 2. The van der Waals surface area contributed by atoms with Gasteiger partial charge in [0.2, 0.25) is 0 Å². The maximum atomic E-state index is 11.4. The van der Waals surface area contributed by atoms with E-state index in [0.29, 0.717) is 12.0 Å². The summed E-state index contributed by atoms with van der Waals surface area (Å²) in [6.45, 7) is 2.09. The van der Waals surface area contributed by atoms with E-state index < -0.39 is 17.4 Å². The van der Waals surface area contributed by atoms with Crippen LogP contribution in [0, 0.1) is 11.8 Å². The highest BCUT2D eigenvalue weighted by Gasteiger charge is 2.29. The van der Waals surface area contributed by atoms with Crippen LogP contribution in [0.15, 0.2) is 42.5 Å². The summed E-state index contributed by atoms with van der Waals surface area (Å²) in [6.07, 6.45) is 11.1. The summed E-state index contributed by atoms with van der Waals surface area (Å²) >= 11 is 0. The van der Waals surface area contributed by atoms with Crippen molar-refractivity contribution in [2.75, 3.05) is 0 Å². The number of aromatic carboxylic acids is 2. The zero-order valence-corrected chi connectivity index (χ0v) is 13.6. The Morgan fingerprint density at radius 2 is 1.79 bits per heavy atom. The Morgan fingerprint density at radius 1 is 1.12 bits per heavy atom. The predicted octanol–water partition coefficient (Wildman–Crippen LogP) is 4.03. The van der Waals surface area contributed by atoms with E-state index in [2.05, 4.69) is 18.8 Å². The van der Waals surface area contributed by atoms with Gasteiger partial charge < -0.3 is 10.2 Å². The monoisotopic (exact) mass is 324 g/mol. The van der Waals surface area contributed by atoms with Crippen LogP contribution in [0.5, 0.6) is 0 Å². The van der Waals surface area contributed by atoms with Crippen molar-refractivity contribution in [2.45, 2.75) is 38.0 Å². The van der Waals surface area contributed by atoms with E-state index in [1.54, 1.807) is 0 Å². The van der Waals surface area contributed by atoms with Crippen molar-refractivity contribution in [3.8, 4) is 11.8 Å². The SMILES string of the molecule is CCCCC#CC1(c2cc(C(=O)O)cc(C(=O)O)c2)C=CC=CC1. The summed E-state index contributed by atoms with van der Waals surface area (Å²) in [5, 5.41) is 18.6. The average molecular weight is 324 g/mol. The lowest BCUT2D eigenvalue weighted by Gasteiger charge is -2.27. The number of benzene rings is 1. The van der Waals surface area contributed by atoms with E-state index in [9.17, 15) is 19.8 Å². The molecule has 0 amide bonds. The summed E-state index contributed by atoms with van der Waals surface area (Å²) in [4.78, 5) is 22.7. The second-order valence-corrected chi connectivity index (χ2v) is 5.78. The molecule has 1 unspecified atom stereocenters.